The molecule has 2 rings (SSSR count). The van der Waals surface area contributed by atoms with E-state index in [1.165, 1.54) is 0 Å². The van der Waals surface area contributed by atoms with E-state index in [9.17, 15) is 4.79 Å². The molecule has 0 aliphatic carbocycles. The van der Waals surface area contributed by atoms with Gasteiger partial charge in [-0.15, -0.1) is 0 Å². The molecule has 0 bridgehead atoms. The van der Waals surface area contributed by atoms with E-state index in [0.717, 1.165) is 24.2 Å². The second-order valence-electron chi connectivity index (χ2n) is 6.86. The van der Waals surface area contributed by atoms with Crippen LogP contribution in [-0.2, 0) is 16.1 Å². The third-order valence-corrected chi connectivity index (χ3v) is 3.63. The molecule has 1 aliphatic rings. The van der Waals surface area contributed by atoms with Crippen LogP contribution >= 0.6 is 0 Å². The summed E-state index contributed by atoms with van der Waals surface area (Å²) in [6.45, 7) is 7.59. The first-order valence-electron chi connectivity index (χ1n) is 8.10. The highest BCUT2D eigenvalue weighted by Gasteiger charge is 2.27. The first-order chi connectivity index (χ1) is 10.9. The molecule has 1 fully saturated rings. The fourth-order valence-corrected chi connectivity index (χ4v) is 2.51. The Hall–Kier alpha value is -1.75. The molecule has 1 aromatic rings. The van der Waals surface area contributed by atoms with Crippen LogP contribution in [0.5, 0.6) is 5.75 Å². The number of carbonyl (C=O) groups excluding carboxylic acids is 1. The highest BCUT2D eigenvalue weighted by atomic mass is 16.6. The van der Waals surface area contributed by atoms with Crippen LogP contribution in [0.2, 0.25) is 0 Å². The summed E-state index contributed by atoms with van der Waals surface area (Å²) in [6, 6.07) is 7.95. The molecule has 0 unspecified atom stereocenters. The third-order valence-electron chi connectivity index (χ3n) is 3.63. The predicted octanol–water partition coefficient (Wildman–Crippen LogP) is 3.61. The largest absolute Gasteiger partial charge is 0.490 e. The Morgan fingerprint density at radius 1 is 1.17 bits per heavy atom. The van der Waals surface area contributed by atoms with Crippen molar-refractivity contribution in [1.29, 1.82) is 0 Å². The summed E-state index contributed by atoms with van der Waals surface area (Å²) in [5.74, 6) is 0.862. The van der Waals surface area contributed by atoms with Gasteiger partial charge < -0.3 is 19.1 Å². The summed E-state index contributed by atoms with van der Waals surface area (Å²) in [5, 5.41) is 0. The van der Waals surface area contributed by atoms with Crippen molar-refractivity contribution in [2.75, 3.05) is 20.2 Å². The van der Waals surface area contributed by atoms with Crippen LogP contribution < -0.4 is 4.74 Å². The first kappa shape index (κ1) is 17.6. The maximum absolute atomic E-state index is 12.0. The molecular formula is C18H27NO4. The minimum Gasteiger partial charge on any atom is -0.490 e. The number of hydrogen-bond donors (Lipinski definition) is 0. The van der Waals surface area contributed by atoms with Crippen molar-refractivity contribution in [3.05, 3.63) is 29.8 Å². The molecule has 23 heavy (non-hydrogen) atoms. The number of methoxy groups -OCH3 is 1. The molecule has 0 spiro atoms. The van der Waals surface area contributed by atoms with E-state index in [1.54, 1.807) is 12.0 Å². The molecule has 0 atom stereocenters. The molecule has 1 aromatic carbocycles. The van der Waals surface area contributed by atoms with E-state index < -0.39 is 5.60 Å². The zero-order chi connectivity index (χ0) is 16.9. The van der Waals surface area contributed by atoms with Crippen LogP contribution in [0.4, 0.5) is 4.79 Å². The van der Waals surface area contributed by atoms with E-state index in [-0.39, 0.29) is 12.2 Å². The van der Waals surface area contributed by atoms with Gasteiger partial charge in [-0.2, -0.15) is 0 Å². The molecule has 0 saturated carbocycles. The van der Waals surface area contributed by atoms with Crippen molar-refractivity contribution in [2.24, 2.45) is 0 Å². The number of amides is 1. The van der Waals surface area contributed by atoms with Crippen molar-refractivity contribution < 1.29 is 19.0 Å². The standard InChI is InChI=1S/C18H27NO4/c1-18(2,3)23-17(20)19-11-9-16(10-12-19)22-15-7-5-14(6-8-15)13-21-4/h5-8,16H,9-13H2,1-4H3. The zero-order valence-corrected chi connectivity index (χ0v) is 14.5. The topological polar surface area (TPSA) is 48.0 Å². The summed E-state index contributed by atoms with van der Waals surface area (Å²) in [6.07, 6.45) is 1.54. The van der Waals surface area contributed by atoms with Crippen LogP contribution in [0.1, 0.15) is 39.2 Å². The van der Waals surface area contributed by atoms with Crippen LogP contribution in [-0.4, -0.2) is 42.9 Å². The third kappa shape index (κ3) is 5.75. The molecule has 128 valence electrons. The van der Waals surface area contributed by atoms with Crippen LogP contribution in [0.3, 0.4) is 0 Å². The Bertz CT molecular complexity index is 499. The molecule has 1 aliphatic heterocycles. The molecule has 1 saturated heterocycles. The molecule has 0 aromatic heterocycles. The van der Waals surface area contributed by atoms with Gasteiger partial charge in [-0.25, -0.2) is 4.79 Å². The Labute approximate surface area is 138 Å². The normalized spacial score (nSPS) is 16.3. The fraction of sp³-hybridized carbons (Fsp3) is 0.611. The van der Waals surface area contributed by atoms with Gasteiger partial charge in [0, 0.05) is 33.0 Å². The van der Waals surface area contributed by atoms with Gasteiger partial charge in [0.05, 0.1) is 6.61 Å². The number of likely N-dealkylation sites (tertiary alicyclic amines) is 1. The molecule has 0 N–H and O–H groups in total. The molecule has 5 nitrogen and oxygen atoms in total. The van der Waals surface area contributed by atoms with E-state index >= 15 is 0 Å². The summed E-state index contributed by atoms with van der Waals surface area (Å²) < 4.78 is 16.5. The molecule has 5 heteroatoms. The van der Waals surface area contributed by atoms with E-state index in [0.29, 0.717) is 19.7 Å². The second-order valence-corrected chi connectivity index (χ2v) is 6.86. The Morgan fingerprint density at radius 2 is 1.78 bits per heavy atom. The van der Waals surface area contributed by atoms with Gasteiger partial charge in [-0.1, -0.05) is 12.1 Å². The minimum absolute atomic E-state index is 0.141. The minimum atomic E-state index is -0.450. The highest BCUT2D eigenvalue weighted by Crippen LogP contribution is 2.21. The van der Waals surface area contributed by atoms with Gasteiger partial charge in [0.2, 0.25) is 0 Å². The molecule has 1 amide bonds. The number of piperidine rings is 1. The lowest BCUT2D eigenvalue weighted by Crippen LogP contribution is -2.44. The van der Waals surface area contributed by atoms with Crippen molar-refractivity contribution >= 4 is 6.09 Å². The Balaban J connectivity index is 1.79. The number of rotatable bonds is 4. The fourth-order valence-electron chi connectivity index (χ4n) is 2.51. The number of nitrogens with zero attached hydrogens (tertiary/aromatic N) is 1. The Kier molecular flexibility index (Phi) is 5.88. The summed E-state index contributed by atoms with van der Waals surface area (Å²) >= 11 is 0. The van der Waals surface area contributed by atoms with Crippen molar-refractivity contribution in [2.45, 2.75) is 51.9 Å². The quantitative estimate of drug-likeness (QED) is 0.850. The zero-order valence-electron chi connectivity index (χ0n) is 14.5. The second kappa shape index (κ2) is 7.68. The maximum Gasteiger partial charge on any atom is 0.410 e. The lowest BCUT2D eigenvalue weighted by atomic mass is 10.1. The number of hydrogen-bond acceptors (Lipinski definition) is 4. The van der Waals surface area contributed by atoms with Crippen molar-refractivity contribution in [1.82, 2.24) is 4.90 Å². The van der Waals surface area contributed by atoms with Gasteiger partial charge in [-0.3, -0.25) is 0 Å². The summed E-state index contributed by atoms with van der Waals surface area (Å²) in [7, 11) is 1.68. The SMILES string of the molecule is COCc1ccc(OC2CCN(C(=O)OC(C)(C)C)CC2)cc1. The van der Waals surface area contributed by atoms with Crippen molar-refractivity contribution in [3.63, 3.8) is 0 Å². The van der Waals surface area contributed by atoms with Crippen LogP contribution in [0.25, 0.3) is 0 Å². The number of benzene rings is 1. The lowest BCUT2D eigenvalue weighted by Gasteiger charge is -2.33. The van der Waals surface area contributed by atoms with Gasteiger partial charge in [-0.05, 0) is 38.5 Å². The average Bonchev–Trinajstić information content (AvgIpc) is 2.48. The maximum atomic E-state index is 12.0. The predicted molar refractivity (Wildman–Crippen MR) is 88.6 cm³/mol. The Morgan fingerprint density at radius 3 is 2.30 bits per heavy atom. The van der Waals surface area contributed by atoms with Crippen LogP contribution in [0.15, 0.2) is 24.3 Å². The monoisotopic (exact) mass is 321 g/mol. The average molecular weight is 321 g/mol. The molecular weight excluding hydrogens is 294 g/mol. The summed E-state index contributed by atoms with van der Waals surface area (Å²) in [5.41, 5.74) is 0.675. The smallest absolute Gasteiger partial charge is 0.410 e. The number of ether oxygens (including phenoxy) is 3. The van der Waals surface area contributed by atoms with Gasteiger partial charge in [0.1, 0.15) is 17.5 Å². The lowest BCUT2D eigenvalue weighted by molar-refractivity contribution is 0.0126. The van der Waals surface area contributed by atoms with Gasteiger partial charge in [0.25, 0.3) is 0 Å². The van der Waals surface area contributed by atoms with Gasteiger partial charge >= 0.3 is 6.09 Å². The highest BCUT2D eigenvalue weighted by molar-refractivity contribution is 5.68. The first-order valence-corrected chi connectivity index (χ1v) is 8.10. The number of carbonyl (C=O) groups is 1. The van der Waals surface area contributed by atoms with Crippen LogP contribution in [0, 0.1) is 0 Å². The summed E-state index contributed by atoms with van der Waals surface area (Å²) in [4.78, 5) is 13.8. The molecule has 1 heterocycles. The molecule has 0 radical (unpaired) electrons. The van der Waals surface area contributed by atoms with E-state index in [4.69, 9.17) is 14.2 Å². The van der Waals surface area contributed by atoms with E-state index in [1.807, 2.05) is 45.0 Å². The van der Waals surface area contributed by atoms with Crippen molar-refractivity contribution in [3.8, 4) is 5.75 Å². The van der Waals surface area contributed by atoms with E-state index in [2.05, 4.69) is 0 Å². The van der Waals surface area contributed by atoms with Gasteiger partial charge in [0.15, 0.2) is 0 Å².